The Kier molecular flexibility index (Phi) is 5.09. The molecule has 0 saturated carbocycles. The van der Waals surface area contributed by atoms with E-state index in [0.717, 1.165) is 45.1 Å². The van der Waals surface area contributed by atoms with Gasteiger partial charge in [0.1, 0.15) is 24.0 Å². The van der Waals surface area contributed by atoms with E-state index >= 15 is 0 Å². The standard InChI is InChI=1S/2C12H10N4/c2*1-16-11-5-3-2-4-9(11)15-12(16)10-6-7-13-8-14-10/h2*2-8H,1H3. The third-order valence-electron chi connectivity index (χ3n) is 5.20. The topological polar surface area (TPSA) is 87.2 Å². The van der Waals surface area contributed by atoms with Gasteiger partial charge < -0.3 is 9.13 Å². The number of rotatable bonds is 2. The molecule has 2 aromatic carbocycles. The minimum atomic E-state index is 0.841. The Morgan fingerprint density at radius 2 is 1.00 bits per heavy atom. The summed E-state index contributed by atoms with van der Waals surface area (Å²) in [6.07, 6.45) is 6.52. The van der Waals surface area contributed by atoms with Crippen LogP contribution in [-0.2, 0) is 14.1 Å². The molecule has 0 atom stereocenters. The van der Waals surface area contributed by atoms with Crippen LogP contribution in [-0.4, -0.2) is 39.0 Å². The molecule has 32 heavy (non-hydrogen) atoms. The fourth-order valence-corrected chi connectivity index (χ4v) is 3.60. The summed E-state index contributed by atoms with van der Waals surface area (Å²) in [6.45, 7) is 0. The highest BCUT2D eigenvalue weighted by atomic mass is 15.1. The van der Waals surface area contributed by atoms with Gasteiger partial charge in [0.15, 0.2) is 11.6 Å². The summed E-state index contributed by atoms with van der Waals surface area (Å²) in [7, 11) is 3.99. The molecule has 0 saturated heterocycles. The van der Waals surface area contributed by atoms with Crippen LogP contribution in [0.3, 0.4) is 0 Å². The van der Waals surface area contributed by atoms with Crippen LogP contribution in [0.1, 0.15) is 0 Å². The zero-order valence-corrected chi connectivity index (χ0v) is 17.7. The van der Waals surface area contributed by atoms with E-state index in [1.165, 1.54) is 12.7 Å². The predicted octanol–water partition coefficient (Wildman–Crippen LogP) is 4.06. The van der Waals surface area contributed by atoms with Gasteiger partial charge in [-0.1, -0.05) is 24.3 Å². The van der Waals surface area contributed by atoms with Gasteiger partial charge in [-0.05, 0) is 36.4 Å². The highest BCUT2D eigenvalue weighted by molar-refractivity contribution is 5.80. The Bertz CT molecular complexity index is 1370. The zero-order valence-electron chi connectivity index (χ0n) is 17.7. The fourth-order valence-electron chi connectivity index (χ4n) is 3.60. The first-order valence-corrected chi connectivity index (χ1v) is 10.1. The molecule has 0 aliphatic rings. The Morgan fingerprint density at radius 1 is 0.562 bits per heavy atom. The van der Waals surface area contributed by atoms with Crippen LogP contribution in [0, 0.1) is 0 Å². The monoisotopic (exact) mass is 420 g/mol. The van der Waals surface area contributed by atoms with Gasteiger partial charge in [-0.2, -0.15) is 0 Å². The van der Waals surface area contributed by atoms with E-state index in [1.807, 2.05) is 83.9 Å². The Labute approximate surface area is 184 Å². The van der Waals surface area contributed by atoms with Crippen molar-refractivity contribution in [2.45, 2.75) is 0 Å². The number of aryl methyl sites for hydroxylation is 2. The van der Waals surface area contributed by atoms with Crippen molar-refractivity contribution in [3.8, 4) is 23.0 Å². The van der Waals surface area contributed by atoms with Gasteiger partial charge in [-0.15, -0.1) is 0 Å². The molecule has 0 radical (unpaired) electrons. The smallest absolute Gasteiger partial charge is 0.159 e. The number of fused-ring (bicyclic) bond motifs is 2. The van der Waals surface area contributed by atoms with E-state index in [0.29, 0.717) is 0 Å². The van der Waals surface area contributed by atoms with Crippen molar-refractivity contribution in [1.29, 1.82) is 0 Å². The lowest BCUT2D eigenvalue weighted by Gasteiger charge is -2.00. The molecule has 8 nitrogen and oxygen atoms in total. The van der Waals surface area contributed by atoms with Gasteiger partial charge in [0.05, 0.1) is 22.1 Å². The second-order valence-electron chi connectivity index (χ2n) is 7.16. The maximum Gasteiger partial charge on any atom is 0.159 e. The number of nitrogens with zero attached hydrogens (tertiary/aromatic N) is 8. The molecule has 0 amide bonds. The lowest BCUT2D eigenvalue weighted by Crippen LogP contribution is -1.94. The third-order valence-corrected chi connectivity index (χ3v) is 5.20. The van der Waals surface area contributed by atoms with E-state index in [9.17, 15) is 0 Å². The van der Waals surface area contributed by atoms with Crippen molar-refractivity contribution in [2.75, 3.05) is 0 Å². The van der Waals surface area contributed by atoms with Gasteiger partial charge in [-0.25, -0.2) is 29.9 Å². The SMILES string of the molecule is Cn1c(-c2ccncn2)nc2ccccc21.Cn1c(-c2ccncn2)nc2ccccc21. The molecular formula is C24H20N8. The number of hydrogen-bond donors (Lipinski definition) is 0. The molecule has 156 valence electrons. The Hall–Kier alpha value is -4.46. The summed E-state index contributed by atoms with van der Waals surface area (Å²) in [5, 5.41) is 0. The van der Waals surface area contributed by atoms with Gasteiger partial charge >= 0.3 is 0 Å². The van der Waals surface area contributed by atoms with Crippen LogP contribution >= 0.6 is 0 Å². The lowest BCUT2D eigenvalue weighted by molar-refractivity contribution is 0.946. The second kappa shape index (κ2) is 8.35. The van der Waals surface area contributed by atoms with E-state index in [2.05, 4.69) is 29.9 Å². The normalized spacial score (nSPS) is 10.8. The quantitative estimate of drug-likeness (QED) is 0.420. The fraction of sp³-hybridized carbons (Fsp3) is 0.0833. The first-order chi connectivity index (χ1) is 15.7. The number of hydrogen-bond acceptors (Lipinski definition) is 6. The van der Waals surface area contributed by atoms with Crippen molar-refractivity contribution in [3.05, 3.63) is 85.7 Å². The summed E-state index contributed by atoms with van der Waals surface area (Å²) in [6, 6.07) is 19.8. The number of imidazole rings is 2. The number of benzene rings is 2. The van der Waals surface area contributed by atoms with Crippen LogP contribution in [0.15, 0.2) is 85.7 Å². The van der Waals surface area contributed by atoms with Crippen molar-refractivity contribution in [1.82, 2.24) is 39.0 Å². The molecule has 6 rings (SSSR count). The molecule has 0 fully saturated rings. The van der Waals surface area contributed by atoms with Crippen LogP contribution in [0.2, 0.25) is 0 Å². The van der Waals surface area contributed by atoms with Crippen molar-refractivity contribution >= 4 is 22.1 Å². The Morgan fingerprint density at radius 3 is 1.38 bits per heavy atom. The van der Waals surface area contributed by atoms with Gasteiger partial charge in [-0.3, -0.25) is 0 Å². The second-order valence-corrected chi connectivity index (χ2v) is 7.16. The zero-order chi connectivity index (χ0) is 21.9. The molecule has 4 heterocycles. The molecule has 0 aliphatic carbocycles. The molecule has 0 unspecified atom stereocenters. The first kappa shape index (κ1) is 19.5. The summed E-state index contributed by atoms with van der Waals surface area (Å²) in [5.74, 6) is 1.73. The number of aromatic nitrogens is 8. The molecular weight excluding hydrogens is 400 g/mol. The van der Waals surface area contributed by atoms with Crippen LogP contribution in [0.4, 0.5) is 0 Å². The molecule has 8 heteroatoms. The minimum absolute atomic E-state index is 0.841. The van der Waals surface area contributed by atoms with Crippen molar-refractivity contribution in [3.63, 3.8) is 0 Å². The molecule has 0 bridgehead atoms. The number of para-hydroxylation sites is 4. The molecule has 4 aromatic heterocycles. The van der Waals surface area contributed by atoms with Crippen molar-refractivity contribution in [2.24, 2.45) is 14.1 Å². The summed E-state index contributed by atoms with van der Waals surface area (Å²) >= 11 is 0. The minimum Gasteiger partial charge on any atom is -0.326 e. The largest absolute Gasteiger partial charge is 0.326 e. The summed E-state index contributed by atoms with van der Waals surface area (Å²) in [4.78, 5) is 25.3. The van der Waals surface area contributed by atoms with E-state index in [-0.39, 0.29) is 0 Å². The molecule has 6 aromatic rings. The van der Waals surface area contributed by atoms with Gasteiger partial charge in [0.2, 0.25) is 0 Å². The highest BCUT2D eigenvalue weighted by Gasteiger charge is 2.10. The average molecular weight is 420 g/mol. The van der Waals surface area contributed by atoms with Crippen LogP contribution in [0.5, 0.6) is 0 Å². The van der Waals surface area contributed by atoms with Gasteiger partial charge in [0.25, 0.3) is 0 Å². The van der Waals surface area contributed by atoms with E-state index < -0.39 is 0 Å². The maximum atomic E-state index is 4.56. The average Bonchev–Trinajstić information content (AvgIpc) is 3.38. The Balaban J connectivity index is 0.000000135. The lowest BCUT2D eigenvalue weighted by atomic mass is 10.3. The van der Waals surface area contributed by atoms with Gasteiger partial charge in [0, 0.05) is 26.5 Å². The summed E-state index contributed by atoms with van der Waals surface area (Å²) < 4.78 is 4.08. The van der Waals surface area contributed by atoms with E-state index in [4.69, 9.17) is 0 Å². The highest BCUT2D eigenvalue weighted by Crippen LogP contribution is 2.22. The maximum absolute atomic E-state index is 4.56. The molecule has 0 N–H and O–H groups in total. The van der Waals surface area contributed by atoms with E-state index in [1.54, 1.807) is 12.4 Å². The predicted molar refractivity (Wildman–Crippen MR) is 123 cm³/mol. The molecule has 0 spiro atoms. The van der Waals surface area contributed by atoms with Crippen LogP contribution < -0.4 is 0 Å². The third kappa shape index (κ3) is 3.58. The van der Waals surface area contributed by atoms with Crippen LogP contribution in [0.25, 0.3) is 45.1 Å². The first-order valence-electron chi connectivity index (χ1n) is 10.1. The van der Waals surface area contributed by atoms with Crippen molar-refractivity contribution < 1.29 is 0 Å². The molecule has 0 aliphatic heterocycles. The summed E-state index contributed by atoms with van der Waals surface area (Å²) in [5.41, 5.74) is 5.87.